The Hall–Kier alpha value is -1.10. The van der Waals surface area contributed by atoms with E-state index in [1.54, 1.807) is 0 Å². The predicted octanol–water partition coefficient (Wildman–Crippen LogP) is 1.55. The summed E-state index contributed by atoms with van der Waals surface area (Å²) in [5.41, 5.74) is 6.76. The first-order valence-corrected chi connectivity index (χ1v) is 7.61. The molecule has 1 heterocycles. The predicted molar refractivity (Wildman–Crippen MR) is 83.0 cm³/mol. The summed E-state index contributed by atoms with van der Waals surface area (Å²) in [7, 11) is 0. The van der Waals surface area contributed by atoms with E-state index >= 15 is 0 Å². The number of rotatable bonds is 6. The summed E-state index contributed by atoms with van der Waals surface area (Å²) >= 11 is 0. The molecule has 0 bridgehead atoms. The van der Waals surface area contributed by atoms with Crippen LogP contribution in [0.15, 0.2) is 24.3 Å². The Kier molecular flexibility index (Phi) is 5.83. The number of nitrogens with two attached hydrogens (primary N) is 1. The van der Waals surface area contributed by atoms with Crippen LogP contribution in [0.1, 0.15) is 19.4 Å². The Balaban J connectivity index is 1.73. The Morgan fingerprint density at radius 2 is 2.20 bits per heavy atom. The summed E-state index contributed by atoms with van der Waals surface area (Å²) in [6, 6.07) is 8.70. The van der Waals surface area contributed by atoms with Crippen LogP contribution in [0.25, 0.3) is 0 Å². The highest BCUT2D eigenvalue weighted by Gasteiger charge is 2.21. The standard InChI is InChI=1S/C16H27N3O/c1-3-19-8-7-18(13-14(19)2)9-10-20-16-6-4-5-15(11-16)12-17/h4-6,11,14H,3,7-10,12-13,17H2,1-2H3. The average Bonchev–Trinajstić information content (AvgIpc) is 2.48. The van der Waals surface area contributed by atoms with Crippen molar-refractivity contribution in [2.45, 2.75) is 26.4 Å². The van der Waals surface area contributed by atoms with Crippen molar-refractivity contribution in [1.82, 2.24) is 9.80 Å². The molecular formula is C16H27N3O. The molecule has 0 aliphatic carbocycles. The van der Waals surface area contributed by atoms with Crippen LogP contribution in [0.4, 0.5) is 0 Å². The maximum absolute atomic E-state index is 5.83. The van der Waals surface area contributed by atoms with E-state index in [9.17, 15) is 0 Å². The zero-order valence-electron chi connectivity index (χ0n) is 12.7. The van der Waals surface area contributed by atoms with Crippen molar-refractivity contribution in [1.29, 1.82) is 0 Å². The molecule has 4 heteroatoms. The lowest BCUT2D eigenvalue weighted by molar-refractivity contribution is 0.0781. The molecule has 0 amide bonds. The van der Waals surface area contributed by atoms with E-state index in [2.05, 4.69) is 23.6 Å². The van der Waals surface area contributed by atoms with E-state index in [0.717, 1.165) is 44.1 Å². The number of benzene rings is 1. The minimum Gasteiger partial charge on any atom is -0.492 e. The van der Waals surface area contributed by atoms with E-state index in [-0.39, 0.29) is 0 Å². The van der Waals surface area contributed by atoms with Gasteiger partial charge in [-0.2, -0.15) is 0 Å². The van der Waals surface area contributed by atoms with Crippen molar-refractivity contribution in [3.8, 4) is 5.75 Å². The van der Waals surface area contributed by atoms with Crippen molar-refractivity contribution in [2.75, 3.05) is 39.3 Å². The van der Waals surface area contributed by atoms with Crippen LogP contribution in [0.5, 0.6) is 5.75 Å². The van der Waals surface area contributed by atoms with Crippen molar-refractivity contribution in [2.24, 2.45) is 5.73 Å². The van der Waals surface area contributed by atoms with Crippen molar-refractivity contribution < 1.29 is 4.74 Å². The molecule has 112 valence electrons. The van der Waals surface area contributed by atoms with Gasteiger partial charge >= 0.3 is 0 Å². The topological polar surface area (TPSA) is 41.7 Å². The van der Waals surface area contributed by atoms with Crippen molar-refractivity contribution in [3.63, 3.8) is 0 Å². The minimum absolute atomic E-state index is 0.563. The molecule has 0 saturated carbocycles. The first kappa shape index (κ1) is 15.3. The van der Waals surface area contributed by atoms with Gasteiger partial charge in [0.1, 0.15) is 12.4 Å². The molecule has 2 rings (SSSR count). The molecule has 1 aliphatic heterocycles. The van der Waals surface area contributed by atoms with Gasteiger partial charge in [0, 0.05) is 38.8 Å². The second-order valence-electron chi connectivity index (χ2n) is 5.48. The van der Waals surface area contributed by atoms with Crippen molar-refractivity contribution in [3.05, 3.63) is 29.8 Å². The number of nitrogens with zero attached hydrogens (tertiary/aromatic N) is 2. The van der Waals surface area contributed by atoms with E-state index in [0.29, 0.717) is 12.6 Å². The fraction of sp³-hybridized carbons (Fsp3) is 0.625. The quantitative estimate of drug-likeness (QED) is 0.856. The Morgan fingerprint density at radius 3 is 2.90 bits per heavy atom. The van der Waals surface area contributed by atoms with Gasteiger partial charge in [-0.3, -0.25) is 9.80 Å². The highest BCUT2D eigenvalue weighted by Crippen LogP contribution is 2.13. The van der Waals surface area contributed by atoms with Gasteiger partial charge in [0.2, 0.25) is 0 Å². The zero-order valence-corrected chi connectivity index (χ0v) is 12.7. The maximum atomic E-state index is 5.83. The molecule has 0 aromatic heterocycles. The van der Waals surface area contributed by atoms with E-state index in [1.807, 2.05) is 24.3 Å². The average molecular weight is 277 g/mol. The molecule has 2 N–H and O–H groups in total. The van der Waals surface area contributed by atoms with Crippen LogP contribution >= 0.6 is 0 Å². The summed E-state index contributed by atoms with van der Waals surface area (Å²) < 4.78 is 5.83. The van der Waals surface area contributed by atoms with Crippen LogP contribution in [-0.2, 0) is 6.54 Å². The molecule has 0 spiro atoms. The highest BCUT2D eigenvalue weighted by atomic mass is 16.5. The lowest BCUT2D eigenvalue weighted by Gasteiger charge is -2.39. The summed E-state index contributed by atoms with van der Waals surface area (Å²) in [6.07, 6.45) is 0. The number of ether oxygens (including phenoxy) is 1. The summed E-state index contributed by atoms with van der Waals surface area (Å²) in [5.74, 6) is 0.924. The van der Waals surface area contributed by atoms with Crippen LogP contribution in [0.2, 0.25) is 0 Å². The third-order valence-corrected chi connectivity index (χ3v) is 4.07. The van der Waals surface area contributed by atoms with Gasteiger partial charge < -0.3 is 10.5 Å². The first-order valence-electron chi connectivity index (χ1n) is 7.61. The largest absolute Gasteiger partial charge is 0.492 e. The lowest BCUT2D eigenvalue weighted by Crippen LogP contribution is -2.52. The second kappa shape index (κ2) is 7.62. The Labute approximate surface area is 122 Å². The summed E-state index contributed by atoms with van der Waals surface area (Å²) in [4.78, 5) is 5.02. The number of hydrogen-bond donors (Lipinski definition) is 1. The summed E-state index contributed by atoms with van der Waals surface area (Å²) in [5, 5.41) is 0. The van der Waals surface area contributed by atoms with Gasteiger partial charge in [-0.15, -0.1) is 0 Å². The Bertz CT molecular complexity index is 410. The number of piperazine rings is 1. The van der Waals surface area contributed by atoms with E-state index in [1.165, 1.54) is 6.54 Å². The van der Waals surface area contributed by atoms with Gasteiger partial charge in [0.15, 0.2) is 0 Å². The Morgan fingerprint density at radius 1 is 1.35 bits per heavy atom. The molecule has 1 atom stereocenters. The molecule has 1 fully saturated rings. The molecule has 20 heavy (non-hydrogen) atoms. The van der Waals surface area contributed by atoms with E-state index in [4.69, 9.17) is 10.5 Å². The minimum atomic E-state index is 0.563. The highest BCUT2D eigenvalue weighted by molar-refractivity contribution is 5.28. The molecular weight excluding hydrogens is 250 g/mol. The molecule has 1 aromatic carbocycles. The van der Waals surface area contributed by atoms with Crippen LogP contribution in [0.3, 0.4) is 0 Å². The van der Waals surface area contributed by atoms with Gasteiger partial charge in [-0.1, -0.05) is 19.1 Å². The zero-order chi connectivity index (χ0) is 14.4. The van der Waals surface area contributed by atoms with Gasteiger partial charge in [-0.05, 0) is 31.2 Å². The number of likely N-dealkylation sites (N-methyl/N-ethyl adjacent to an activating group) is 1. The van der Waals surface area contributed by atoms with Crippen LogP contribution in [-0.4, -0.2) is 55.2 Å². The number of hydrogen-bond acceptors (Lipinski definition) is 4. The van der Waals surface area contributed by atoms with Crippen LogP contribution < -0.4 is 10.5 Å². The third kappa shape index (κ3) is 4.20. The molecule has 4 nitrogen and oxygen atoms in total. The molecule has 1 aliphatic rings. The monoisotopic (exact) mass is 277 g/mol. The molecule has 1 unspecified atom stereocenters. The molecule has 1 saturated heterocycles. The molecule has 0 radical (unpaired) electrons. The fourth-order valence-corrected chi connectivity index (χ4v) is 2.80. The van der Waals surface area contributed by atoms with Gasteiger partial charge in [-0.25, -0.2) is 0 Å². The van der Waals surface area contributed by atoms with Gasteiger partial charge in [0.25, 0.3) is 0 Å². The van der Waals surface area contributed by atoms with Crippen molar-refractivity contribution >= 4 is 0 Å². The third-order valence-electron chi connectivity index (χ3n) is 4.07. The second-order valence-corrected chi connectivity index (χ2v) is 5.48. The fourth-order valence-electron chi connectivity index (χ4n) is 2.80. The normalized spacial score (nSPS) is 21.1. The smallest absolute Gasteiger partial charge is 0.119 e. The van der Waals surface area contributed by atoms with Gasteiger partial charge in [0.05, 0.1) is 0 Å². The maximum Gasteiger partial charge on any atom is 0.119 e. The lowest BCUT2D eigenvalue weighted by atomic mass is 10.2. The first-order chi connectivity index (χ1) is 9.72. The van der Waals surface area contributed by atoms with Crippen LogP contribution in [0, 0.1) is 0 Å². The summed E-state index contributed by atoms with van der Waals surface area (Å²) in [6.45, 7) is 11.4. The molecule has 1 aromatic rings. The van der Waals surface area contributed by atoms with E-state index < -0.39 is 0 Å². The SMILES string of the molecule is CCN1CCN(CCOc2cccc(CN)c2)CC1C.